The topological polar surface area (TPSA) is 59.4 Å². The zero-order chi connectivity index (χ0) is 19.3. The number of carbonyl (C=O) groups excluding carboxylic acids is 1. The van der Waals surface area contributed by atoms with Gasteiger partial charge >= 0.3 is 6.18 Å². The molecule has 1 amide bonds. The van der Waals surface area contributed by atoms with Crippen molar-refractivity contribution < 1.29 is 22.7 Å². The van der Waals surface area contributed by atoms with Crippen LogP contribution in [0.2, 0.25) is 0 Å². The summed E-state index contributed by atoms with van der Waals surface area (Å²) in [6, 6.07) is 10.1. The Kier molecular flexibility index (Phi) is 6.12. The zero-order valence-electron chi connectivity index (χ0n) is 14.7. The van der Waals surface area contributed by atoms with Gasteiger partial charge in [-0.15, -0.1) is 0 Å². The van der Waals surface area contributed by atoms with Gasteiger partial charge in [-0.25, -0.2) is 0 Å². The van der Waals surface area contributed by atoms with Crippen molar-refractivity contribution in [3.8, 4) is 0 Å². The van der Waals surface area contributed by atoms with Crippen molar-refractivity contribution in [3.05, 3.63) is 53.9 Å². The van der Waals surface area contributed by atoms with E-state index in [9.17, 15) is 18.0 Å². The highest BCUT2D eigenvalue weighted by molar-refractivity contribution is 5.76. The number of nitrogens with zero attached hydrogens (tertiary/aromatic N) is 3. The van der Waals surface area contributed by atoms with E-state index >= 15 is 0 Å². The second-order valence-electron chi connectivity index (χ2n) is 6.34. The third kappa shape index (κ3) is 5.54. The van der Waals surface area contributed by atoms with E-state index in [1.807, 2.05) is 30.3 Å². The molecule has 1 aliphatic rings. The lowest BCUT2D eigenvalue weighted by Crippen LogP contribution is -2.43. The fourth-order valence-electron chi connectivity index (χ4n) is 2.95. The number of aromatic nitrogens is 2. The lowest BCUT2D eigenvalue weighted by molar-refractivity contribution is -0.141. The molecule has 146 valence electrons. The number of halogens is 3. The molecule has 0 aliphatic carbocycles. The Bertz CT molecular complexity index is 743. The van der Waals surface area contributed by atoms with Crippen LogP contribution < -0.4 is 5.32 Å². The first-order valence-corrected chi connectivity index (χ1v) is 8.67. The van der Waals surface area contributed by atoms with Crippen molar-refractivity contribution in [3.63, 3.8) is 0 Å². The van der Waals surface area contributed by atoms with Crippen molar-refractivity contribution in [2.75, 3.05) is 32.8 Å². The Balaban J connectivity index is 1.65. The summed E-state index contributed by atoms with van der Waals surface area (Å²) in [5.41, 5.74) is -0.0722. The van der Waals surface area contributed by atoms with E-state index in [4.69, 9.17) is 4.74 Å². The summed E-state index contributed by atoms with van der Waals surface area (Å²) >= 11 is 0. The van der Waals surface area contributed by atoms with Gasteiger partial charge < -0.3 is 10.1 Å². The molecule has 9 heteroatoms. The molecule has 1 aromatic heterocycles. The number of hydrogen-bond donors (Lipinski definition) is 1. The maximum Gasteiger partial charge on any atom is 0.435 e. The van der Waals surface area contributed by atoms with Gasteiger partial charge in [-0.3, -0.25) is 14.4 Å². The minimum atomic E-state index is -4.52. The van der Waals surface area contributed by atoms with Crippen LogP contribution in [0.1, 0.15) is 17.3 Å². The van der Waals surface area contributed by atoms with Crippen LogP contribution in [0.25, 0.3) is 0 Å². The van der Waals surface area contributed by atoms with Gasteiger partial charge in [0.2, 0.25) is 5.91 Å². The third-order valence-corrected chi connectivity index (χ3v) is 4.32. The van der Waals surface area contributed by atoms with E-state index in [1.54, 1.807) is 0 Å². The SMILES string of the molecule is O=C(Cn1ccc(C(F)(F)F)n1)NC(CN1CCOCC1)c1ccccc1. The Morgan fingerprint density at radius 3 is 2.52 bits per heavy atom. The van der Waals surface area contributed by atoms with Gasteiger partial charge in [0, 0.05) is 25.8 Å². The molecule has 0 saturated carbocycles. The van der Waals surface area contributed by atoms with Gasteiger partial charge in [-0.05, 0) is 11.6 Å². The molecule has 1 aromatic carbocycles. The zero-order valence-corrected chi connectivity index (χ0v) is 14.7. The van der Waals surface area contributed by atoms with Gasteiger partial charge in [0.25, 0.3) is 0 Å². The minimum Gasteiger partial charge on any atom is -0.379 e. The number of alkyl halides is 3. The Morgan fingerprint density at radius 2 is 1.89 bits per heavy atom. The van der Waals surface area contributed by atoms with Crippen LogP contribution in [0.5, 0.6) is 0 Å². The van der Waals surface area contributed by atoms with Crippen molar-refractivity contribution in [2.24, 2.45) is 0 Å². The second-order valence-corrected chi connectivity index (χ2v) is 6.34. The number of hydrogen-bond acceptors (Lipinski definition) is 4. The van der Waals surface area contributed by atoms with Gasteiger partial charge in [0.15, 0.2) is 5.69 Å². The molecule has 0 radical (unpaired) electrons. The van der Waals surface area contributed by atoms with Gasteiger partial charge in [-0.2, -0.15) is 18.3 Å². The lowest BCUT2D eigenvalue weighted by atomic mass is 10.1. The lowest BCUT2D eigenvalue weighted by Gasteiger charge is -2.31. The molecule has 6 nitrogen and oxygen atoms in total. The van der Waals surface area contributed by atoms with Crippen LogP contribution in [-0.2, 0) is 22.3 Å². The average Bonchev–Trinajstić information content (AvgIpc) is 3.11. The molecule has 1 unspecified atom stereocenters. The van der Waals surface area contributed by atoms with Crippen molar-refractivity contribution in [1.82, 2.24) is 20.0 Å². The summed E-state index contributed by atoms with van der Waals surface area (Å²) in [4.78, 5) is 14.6. The predicted molar refractivity (Wildman–Crippen MR) is 91.8 cm³/mol. The number of ether oxygens (including phenoxy) is 1. The summed E-state index contributed by atoms with van der Waals surface area (Å²) in [5, 5.41) is 6.33. The van der Waals surface area contributed by atoms with E-state index in [1.165, 1.54) is 0 Å². The number of benzene rings is 1. The normalized spacial score (nSPS) is 16.9. The van der Waals surface area contributed by atoms with E-state index in [2.05, 4.69) is 15.3 Å². The maximum atomic E-state index is 12.6. The molecule has 2 aromatic rings. The Hall–Kier alpha value is -2.39. The van der Waals surface area contributed by atoms with Crippen LogP contribution in [0.15, 0.2) is 42.6 Å². The molecular formula is C18H21F3N4O2. The third-order valence-electron chi connectivity index (χ3n) is 4.32. The van der Waals surface area contributed by atoms with E-state index in [-0.39, 0.29) is 12.6 Å². The summed E-state index contributed by atoms with van der Waals surface area (Å²) in [6.07, 6.45) is -3.37. The van der Waals surface area contributed by atoms with Gasteiger partial charge in [0.05, 0.1) is 19.3 Å². The maximum absolute atomic E-state index is 12.6. The van der Waals surface area contributed by atoms with Crippen molar-refractivity contribution in [1.29, 1.82) is 0 Å². The molecule has 1 N–H and O–H groups in total. The van der Waals surface area contributed by atoms with Crippen LogP contribution in [0, 0.1) is 0 Å². The fourth-order valence-corrected chi connectivity index (χ4v) is 2.95. The molecule has 1 atom stereocenters. The number of morpholine rings is 1. The Morgan fingerprint density at radius 1 is 1.19 bits per heavy atom. The van der Waals surface area contributed by atoms with Crippen LogP contribution in [0.4, 0.5) is 13.2 Å². The molecule has 0 spiro atoms. The number of amides is 1. The van der Waals surface area contributed by atoms with Gasteiger partial charge in [0.1, 0.15) is 6.54 Å². The number of rotatable bonds is 6. The summed E-state index contributed by atoms with van der Waals surface area (Å²) < 4.78 is 44.3. The Labute approximate surface area is 154 Å². The molecule has 1 saturated heterocycles. The number of nitrogens with one attached hydrogen (secondary N) is 1. The highest BCUT2D eigenvalue weighted by atomic mass is 19.4. The first-order chi connectivity index (χ1) is 12.9. The highest BCUT2D eigenvalue weighted by Crippen LogP contribution is 2.27. The van der Waals surface area contributed by atoms with Crippen LogP contribution >= 0.6 is 0 Å². The fraction of sp³-hybridized carbons (Fsp3) is 0.444. The van der Waals surface area contributed by atoms with E-state index < -0.39 is 17.8 Å². The highest BCUT2D eigenvalue weighted by Gasteiger charge is 2.33. The van der Waals surface area contributed by atoms with Crippen LogP contribution in [0.3, 0.4) is 0 Å². The van der Waals surface area contributed by atoms with Crippen molar-refractivity contribution in [2.45, 2.75) is 18.8 Å². The number of carbonyl (C=O) groups is 1. The van der Waals surface area contributed by atoms with E-state index in [0.29, 0.717) is 19.8 Å². The molecule has 3 rings (SSSR count). The average molecular weight is 382 g/mol. The molecule has 1 fully saturated rings. The second kappa shape index (κ2) is 8.53. The molecule has 1 aliphatic heterocycles. The summed E-state index contributed by atoms with van der Waals surface area (Å²) in [7, 11) is 0. The van der Waals surface area contributed by atoms with Crippen molar-refractivity contribution >= 4 is 5.91 Å². The van der Waals surface area contributed by atoms with Crippen LogP contribution in [-0.4, -0.2) is 53.4 Å². The first-order valence-electron chi connectivity index (χ1n) is 8.67. The first kappa shape index (κ1) is 19.4. The summed E-state index contributed by atoms with van der Waals surface area (Å²) in [5.74, 6) is -0.395. The molecule has 2 heterocycles. The van der Waals surface area contributed by atoms with Gasteiger partial charge in [-0.1, -0.05) is 30.3 Å². The van der Waals surface area contributed by atoms with E-state index in [0.717, 1.165) is 35.6 Å². The largest absolute Gasteiger partial charge is 0.435 e. The summed E-state index contributed by atoms with van der Waals surface area (Å²) in [6.45, 7) is 3.15. The molecule has 27 heavy (non-hydrogen) atoms. The standard InChI is InChI=1S/C18H21F3N4O2/c19-18(20,21)16-6-7-25(23-16)13-17(26)22-15(14-4-2-1-3-5-14)12-24-8-10-27-11-9-24/h1-7,15H,8-13H2,(H,22,26). The minimum absolute atomic E-state index is 0.269. The molecular weight excluding hydrogens is 361 g/mol. The monoisotopic (exact) mass is 382 g/mol. The predicted octanol–water partition coefficient (Wildman–Crippen LogP) is 2.09. The molecule has 0 bridgehead atoms. The quantitative estimate of drug-likeness (QED) is 0.831. The smallest absolute Gasteiger partial charge is 0.379 e.